The molecule has 4 aromatic rings. The first kappa shape index (κ1) is 25.5. The molecule has 0 saturated carbocycles. The Balaban J connectivity index is 1.53. The van der Waals surface area contributed by atoms with Crippen molar-refractivity contribution in [2.45, 2.75) is 17.5 Å². The highest BCUT2D eigenvalue weighted by atomic mass is 19.1. The Labute approximate surface area is 239 Å². The molecule has 4 atom stereocenters. The molecule has 4 aromatic carbocycles. The predicted molar refractivity (Wildman–Crippen MR) is 154 cm³/mol. The number of rotatable bonds is 5. The van der Waals surface area contributed by atoms with Crippen LogP contribution in [0.15, 0.2) is 103 Å². The molecule has 206 valence electrons. The average molecular weight is 560 g/mol. The van der Waals surface area contributed by atoms with Gasteiger partial charge in [0, 0.05) is 34.6 Å². The molecule has 1 fully saturated rings. The van der Waals surface area contributed by atoms with Crippen LogP contribution in [0.3, 0.4) is 0 Å². The van der Waals surface area contributed by atoms with E-state index in [-0.39, 0.29) is 16.8 Å². The lowest BCUT2D eigenvalue weighted by molar-refractivity contribution is -0.384. The van der Waals surface area contributed by atoms with E-state index in [1.165, 1.54) is 36.4 Å². The molecule has 0 aliphatic carbocycles. The fourth-order valence-electron chi connectivity index (χ4n) is 6.86. The highest BCUT2D eigenvalue weighted by molar-refractivity contribution is 6.18. The normalized spacial score (nSPS) is 23.2. The van der Waals surface area contributed by atoms with Crippen LogP contribution in [0, 0.1) is 21.8 Å². The number of hydrogen-bond acceptors (Lipinski definition) is 6. The smallest absolute Gasteiger partial charge is 0.270 e. The number of nitrogens with one attached hydrogen (secondary N) is 1. The molecular weight excluding hydrogens is 537 g/mol. The van der Waals surface area contributed by atoms with Crippen molar-refractivity contribution >= 4 is 40.6 Å². The molecule has 0 aromatic heterocycles. The summed E-state index contributed by atoms with van der Waals surface area (Å²) in [6, 6.07) is 22.9. The molecule has 42 heavy (non-hydrogen) atoms. The molecule has 0 radical (unpaired) electrons. The van der Waals surface area contributed by atoms with Crippen LogP contribution in [-0.4, -0.2) is 34.5 Å². The predicted octanol–water partition coefficient (Wildman–Crippen LogP) is 5.59. The standard InChI is InChI=1S/C33H22FN3O5/c34-22-15-12-20(13-16-22)30(38)28-29(31(39)21-7-5-8-23(18-21)37(41)42)36-26-11-4-1-6-19(26)14-17-27(36)33(28)24-9-2-3-10-25(24)35-32(33)40/h1-18,27-29H,(H,35,40)/t27-,28+,29-,33+/m0/s1. The lowest BCUT2D eigenvalue weighted by Gasteiger charge is -2.37. The van der Waals surface area contributed by atoms with Crippen molar-refractivity contribution in [1.29, 1.82) is 0 Å². The Kier molecular flexibility index (Phi) is 5.65. The van der Waals surface area contributed by atoms with Gasteiger partial charge in [0.2, 0.25) is 5.91 Å². The number of benzene rings is 4. The van der Waals surface area contributed by atoms with Crippen molar-refractivity contribution in [1.82, 2.24) is 0 Å². The molecule has 3 aliphatic heterocycles. The second-order valence-electron chi connectivity index (χ2n) is 10.6. The number of amides is 1. The third-order valence-electron chi connectivity index (χ3n) is 8.56. The van der Waals surface area contributed by atoms with Gasteiger partial charge in [0.25, 0.3) is 5.69 Å². The summed E-state index contributed by atoms with van der Waals surface area (Å²) < 4.78 is 13.9. The van der Waals surface area contributed by atoms with Crippen molar-refractivity contribution in [2.24, 2.45) is 5.92 Å². The van der Waals surface area contributed by atoms with Gasteiger partial charge in [0.1, 0.15) is 17.3 Å². The number of anilines is 2. The minimum absolute atomic E-state index is 0.0423. The van der Waals surface area contributed by atoms with E-state index in [2.05, 4.69) is 5.32 Å². The molecule has 9 heteroatoms. The number of ketones is 2. The summed E-state index contributed by atoms with van der Waals surface area (Å²) in [5.74, 6) is -3.28. The number of carbonyl (C=O) groups excluding carboxylic acids is 3. The maximum Gasteiger partial charge on any atom is 0.270 e. The van der Waals surface area contributed by atoms with Crippen LogP contribution in [0.5, 0.6) is 0 Å². The summed E-state index contributed by atoms with van der Waals surface area (Å²) in [7, 11) is 0. The quantitative estimate of drug-likeness (QED) is 0.194. The Morgan fingerprint density at radius 3 is 2.40 bits per heavy atom. The van der Waals surface area contributed by atoms with E-state index in [0.29, 0.717) is 16.9 Å². The molecular formula is C33H22FN3O5. The van der Waals surface area contributed by atoms with Gasteiger partial charge in [0.05, 0.1) is 16.9 Å². The zero-order valence-corrected chi connectivity index (χ0v) is 21.9. The maximum absolute atomic E-state index is 14.6. The molecule has 8 nitrogen and oxygen atoms in total. The van der Waals surface area contributed by atoms with Crippen LogP contribution >= 0.6 is 0 Å². The Hall–Kier alpha value is -5.44. The molecule has 3 aliphatic rings. The molecule has 1 spiro atoms. The third kappa shape index (κ3) is 3.49. The Morgan fingerprint density at radius 2 is 1.62 bits per heavy atom. The summed E-state index contributed by atoms with van der Waals surface area (Å²) in [6.45, 7) is 0. The van der Waals surface area contributed by atoms with E-state index in [1.54, 1.807) is 24.3 Å². The van der Waals surface area contributed by atoms with Gasteiger partial charge in [-0.05, 0) is 47.5 Å². The van der Waals surface area contributed by atoms with Gasteiger partial charge < -0.3 is 10.2 Å². The summed E-state index contributed by atoms with van der Waals surface area (Å²) >= 11 is 0. The SMILES string of the molecule is O=C(c1cccc([N+](=O)[O-])c1)[C@@H]1[C@H](C(=O)c2ccc(F)cc2)[C@]2(C(=O)Nc3ccccc32)[C@@H]2C=Cc3ccccc3N12. The highest BCUT2D eigenvalue weighted by Crippen LogP contribution is 2.58. The molecule has 1 amide bonds. The van der Waals surface area contributed by atoms with Crippen molar-refractivity contribution in [3.8, 4) is 0 Å². The van der Waals surface area contributed by atoms with E-state index in [9.17, 15) is 28.9 Å². The van der Waals surface area contributed by atoms with Crippen LogP contribution in [-0.2, 0) is 10.2 Å². The number of hydrogen-bond donors (Lipinski definition) is 1. The first-order valence-corrected chi connectivity index (χ1v) is 13.4. The van der Waals surface area contributed by atoms with Crippen LogP contribution in [0.25, 0.3) is 6.08 Å². The number of para-hydroxylation sites is 2. The maximum atomic E-state index is 14.6. The van der Waals surface area contributed by atoms with E-state index in [4.69, 9.17) is 0 Å². The van der Waals surface area contributed by atoms with Crippen molar-refractivity contribution in [3.05, 3.63) is 141 Å². The molecule has 0 unspecified atom stereocenters. The number of carbonyl (C=O) groups is 3. The van der Waals surface area contributed by atoms with Crippen LogP contribution < -0.4 is 10.2 Å². The molecule has 1 saturated heterocycles. The fraction of sp³-hybridized carbons (Fsp3) is 0.121. The monoisotopic (exact) mass is 559 g/mol. The fourth-order valence-corrected chi connectivity index (χ4v) is 6.86. The molecule has 1 N–H and O–H groups in total. The van der Waals surface area contributed by atoms with Crippen LogP contribution in [0.4, 0.5) is 21.5 Å². The number of nitro benzene ring substituents is 1. The van der Waals surface area contributed by atoms with Gasteiger partial charge >= 0.3 is 0 Å². The largest absolute Gasteiger partial charge is 0.352 e. The molecule has 0 bridgehead atoms. The van der Waals surface area contributed by atoms with E-state index in [1.807, 2.05) is 41.3 Å². The van der Waals surface area contributed by atoms with Gasteiger partial charge in [-0.1, -0.05) is 60.7 Å². The van der Waals surface area contributed by atoms with Crippen molar-refractivity contribution < 1.29 is 23.7 Å². The van der Waals surface area contributed by atoms with E-state index >= 15 is 0 Å². The van der Waals surface area contributed by atoms with Crippen molar-refractivity contribution in [3.63, 3.8) is 0 Å². The number of non-ortho nitro benzene ring substituents is 1. The average Bonchev–Trinajstić information content (AvgIpc) is 3.49. The van der Waals surface area contributed by atoms with Gasteiger partial charge in [-0.25, -0.2) is 4.39 Å². The summed E-state index contributed by atoms with van der Waals surface area (Å²) in [5, 5.41) is 14.5. The van der Waals surface area contributed by atoms with Gasteiger partial charge in [-0.2, -0.15) is 0 Å². The van der Waals surface area contributed by atoms with Gasteiger partial charge in [-0.15, -0.1) is 0 Å². The van der Waals surface area contributed by atoms with Crippen LogP contribution in [0.2, 0.25) is 0 Å². The Bertz CT molecular complexity index is 1850. The number of Topliss-reactive ketones (excluding diaryl/α,β-unsaturated/α-hetero) is 2. The zero-order chi connectivity index (χ0) is 29.2. The topological polar surface area (TPSA) is 110 Å². The number of halogens is 1. The minimum Gasteiger partial charge on any atom is -0.352 e. The van der Waals surface area contributed by atoms with Gasteiger partial charge in [-0.3, -0.25) is 24.5 Å². The van der Waals surface area contributed by atoms with E-state index < -0.39 is 51.6 Å². The second-order valence-corrected chi connectivity index (χ2v) is 10.6. The third-order valence-corrected chi connectivity index (χ3v) is 8.56. The minimum atomic E-state index is -1.53. The highest BCUT2D eigenvalue weighted by Gasteiger charge is 2.70. The number of nitrogens with zero attached hydrogens (tertiary/aromatic N) is 2. The summed E-state index contributed by atoms with van der Waals surface area (Å²) in [5.41, 5.74) is 0.940. The first-order chi connectivity index (χ1) is 20.3. The lowest BCUT2D eigenvalue weighted by Crippen LogP contribution is -2.51. The molecule has 7 rings (SSSR count). The summed E-state index contributed by atoms with van der Waals surface area (Å²) in [6.07, 6.45) is 3.72. The zero-order valence-electron chi connectivity index (χ0n) is 21.9. The number of fused-ring (bicyclic) bond motifs is 6. The Morgan fingerprint density at radius 1 is 0.881 bits per heavy atom. The van der Waals surface area contributed by atoms with Crippen molar-refractivity contribution in [2.75, 3.05) is 10.2 Å². The van der Waals surface area contributed by atoms with E-state index in [0.717, 1.165) is 17.7 Å². The lowest BCUT2D eigenvalue weighted by atomic mass is 9.64. The molecule has 3 heterocycles. The van der Waals surface area contributed by atoms with Gasteiger partial charge in [0.15, 0.2) is 11.6 Å². The second kappa shape index (κ2) is 9.31. The first-order valence-electron chi connectivity index (χ1n) is 13.4. The number of nitro groups is 1. The van der Waals surface area contributed by atoms with Crippen LogP contribution in [0.1, 0.15) is 31.8 Å². The summed E-state index contributed by atoms with van der Waals surface area (Å²) in [4.78, 5) is 56.4.